The highest BCUT2D eigenvalue weighted by atomic mass is 16.4. The Balaban J connectivity index is 1.40. The van der Waals surface area contributed by atoms with Gasteiger partial charge in [0, 0.05) is 30.9 Å². The number of fused-ring (bicyclic) bond motifs is 1. The molecule has 6 nitrogen and oxygen atoms in total. The number of nitrogens with two attached hydrogens (primary N) is 1. The number of carbonyl (C=O) groups is 1. The normalized spacial score (nSPS) is 19.4. The molecular formula is C22H28BN3O3. The van der Waals surface area contributed by atoms with Crippen LogP contribution in [0.15, 0.2) is 42.5 Å². The summed E-state index contributed by atoms with van der Waals surface area (Å²) in [4.78, 5) is 15.0. The van der Waals surface area contributed by atoms with Crippen LogP contribution < -0.4 is 11.1 Å². The Kier molecular flexibility index (Phi) is 5.90. The standard InChI is InChI=1S/C22H28BN3O3/c24-14-15-2-1-3-17(12-15)16-8-10-26(11-9-16)22(27)19-4-6-20-18(13-19)5-7-21(25-20)23(28)29/h1-4,6,12-13,16,21,25,28-29H,5,7-11,14,24H2. The van der Waals surface area contributed by atoms with E-state index < -0.39 is 7.12 Å². The van der Waals surface area contributed by atoms with E-state index in [4.69, 9.17) is 5.73 Å². The average molecular weight is 393 g/mol. The fourth-order valence-corrected chi connectivity index (χ4v) is 4.45. The van der Waals surface area contributed by atoms with Gasteiger partial charge in [-0.15, -0.1) is 0 Å². The van der Waals surface area contributed by atoms with E-state index in [1.54, 1.807) is 0 Å². The van der Waals surface area contributed by atoms with Crippen LogP contribution in [0.4, 0.5) is 5.69 Å². The van der Waals surface area contributed by atoms with Crippen LogP contribution in [0, 0.1) is 0 Å². The molecule has 1 fully saturated rings. The molecule has 0 saturated carbocycles. The first kappa shape index (κ1) is 19.9. The SMILES string of the molecule is NCc1cccc(C2CCN(C(=O)c3ccc4c(c3)CCC(B(O)O)N4)CC2)c1. The van der Waals surface area contributed by atoms with Crippen LogP contribution in [-0.4, -0.2) is 47.0 Å². The monoisotopic (exact) mass is 393 g/mol. The molecule has 152 valence electrons. The minimum absolute atomic E-state index is 0.0753. The van der Waals surface area contributed by atoms with Crippen molar-refractivity contribution in [2.75, 3.05) is 18.4 Å². The van der Waals surface area contributed by atoms with Crippen LogP contribution in [-0.2, 0) is 13.0 Å². The van der Waals surface area contributed by atoms with Crippen molar-refractivity contribution in [3.63, 3.8) is 0 Å². The number of nitrogens with zero attached hydrogens (tertiary/aromatic N) is 1. The van der Waals surface area contributed by atoms with Gasteiger partial charge in [0.1, 0.15) is 0 Å². The van der Waals surface area contributed by atoms with Crippen LogP contribution in [0.25, 0.3) is 0 Å². The van der Waals surface area contributed by atoms with E-state index in [1.165, 1.54) is 5.56 Å². The lowest BCUT2D eigenvalue weighted by Crippen LogP contribution is -2.41. The summed E-state index contributed by atoms with van der Waals surface area (Å²) >= 11 is 0. The lowest BCUT2D eigenvalue weighted by Gasteiger charge is -2.33. The molecule has 0 spiro atoms. The molecule has 0 aromatic heterocycles. The number of anilines is 1. The lowest BCUT2D eigenvalue weighted by atomic mass is 9.74. The average Bonchev–Trinajstić information content (AvgIpc) is 2.78. The third-order valence-corrected chi connectivity index (χ3v) is 6.22. The van der Waals surface area contributed by atoms with Gasteiger partial charge in [0.2, 0.25) is 0 Å². The number of likely N-dealkylation sites (tertiary alicyclic amines) is 1. The molecule has 2 aliphatic heterocycles. The second kappa shape index (κ2) is 8.57. The van der Waals surface area contributed by atoms with Crippen LogP contribution in [0.5, 0.6) is 0 Å². The molecule has 2 aromatic carbocycles. The Morgan fingerprint density at radius 3 is 2.66 bits per heavy atom. The van der Waals surface area contributed by atoms with Gasteiger partial charge in [-0.1, -0.05) is 24.3 Å². The zero-order chi connectivity index (χ0) is 20.4. The molecule has 0 aliphatic carbocycles. The summed E-state index contributed by atoms with van der Waals surface area (Å²) in [5.74, 6) is 0.187. The number of carbonyl (C=O) groups excluding carboxylic acids is 1. The molecule has 1 saturated heterocycles. The van der Waals surface area contributed by atoms with E-state index in [1.807, 2.05) is 23.1 Å². The Morgan fingerprint density at radius 1 is 1.14 bits per heavy atom. The van der Waals surface area contributed by atoms with Crippen molar-refractivity contribution in [2.24, 2.45) is 5.73 Å². The second-order valence-corrected chi connectivity index (χ2v) is 8.09. The fraction of sp³-hybridized carbons (Fsp3) is 0.409. The van der Waals surface area contributed by atoms with Crippen molar-refractivity contribution in [2.45, 2.75) is 44.1 Å². The quantitative estimate of drug-likeness (QED) is 0.595. The largest absolute Gasteiger partial charge is 0.475 e. The Hall–Kier alpha value is -2.35. The summed E-state index contributed by atoms with van der Waals surface area (Å²) in [7, 11) is -1.38. The molecule has 7 heteroatoms. The van der Waals surface area contributed by atoms with Gasteiger partial charge >= 0.3 is 7.12 Å². The number of benzene rings is 2. The summed E-state index contributed by atoms with van der Waals surface area (Å²) in [6, 6.07) is 14.1. The predicted octanol–water partition coefficient (Wildman–Crippen LogP) is 1.90. The van der Waals surface area contributed by atoms with Gasteiger partial charge < -0.3 is 26.0 Å². The van der Waals surface area contributed by atoms with Crippen molar-refractivity contribution in [3.8, 4) is 0 Å². The van der Waals surface area contributed by atoms with Crippen LogP contribution in [0.3, 0.4) is 0 Å². The van der Waals surface area contributed by atoms with Crippen LogP contribution in [0.1, 0.15) is 52.2 Å². The van der Waals surface area contributed by atoms with Crippen molar-refractivity contribution in [1.29, 1.82) is 0 Å². The van der Waals surface area contributed by atoms with Crippen molar-refractivity contribution < 1.29 is 14.8 Å². The van der Waals surface area contributed by atoms with Crippen molar-refractivity contribution in [3.05, 3.63) is 64.7 Å². The van der Waals surface area contributed by atoms with Gasteiger partial charge in [-0.05, 0) is 66.5 Å². The van der Waals surface area contributed by atoms with Crippen molar-refractivity contribution in [1.82, 2.24) is 4.90 Å². The smallest absolute Gasteiger partial charge is 0.426 e. The molecular weight excluding hydrogens is 365 g/mol. The van der Waals surface area contributed by atoms with Gasteiger partial charge in [-0.25, -0.2) is 0 Å². The van der Waals surface area contributed by atoms with Crippen LogP contribution in [0.2, 0.25) is 0 Å². The van der Waals surface area contributed by atoms with Gasteiger partial charge in [-0.3, -0.25) is 4.79 Å². The molecule has 2 heterocycles. The summed E-state index contributed by atoms with van der Waals surface area (Å²) in [5, 5.41) is 21.9. The maximum atomic E-state index is 13.0. The minimum Gasteiger partial charge on any atom is -0.426 e. The fourth-order valence-electron chi connectivity index (χ4n) is 4.45. The maximum absolute atomic E-state index is 13.0. The van der Waals surface area contributed by atoms with E-state index in [0.717, 1.165) is 49.2 Å². The number of rotatable bonds is 4. The van der Waals surface area contributed by atoms with E-state index in [2.05, 4.69) is 29.6 Å². The second-order valence-electron chi connectivity index (χ2n) is 8.09. The maximum Gasteiger partial charge on any atom is 0.475 e. The van der Waals surface area contributed by atoms with Gasteiger partial charge in [0.15, 0.2) is 0 Å². The van der Waals surface area contributed by atoms with E-state index in [0.29, 0.717) is 24.4 Å². The first-order chi connectivity index (χ1) is 14.0. The van der Waals surface area contributed by atoms with Gasteiger partial charge in [0.25, 0.3) is 5.91 Å². The number of nitrogens with one attached hydrogen (secondary N) is 1. The summed E-state index contributed by atoms with van der Waals surface area (Å²) in [5.41, 5.74) is 10.9. The topological polar surface area (TPSA) is 98.8 Å². The first-order valence-corrected chi connectivity index (χ1v) is 10.4. The number of amides is 1. The number of aryl methyl sites for hydroxylation is 1. The van der Waals surface area contributed by atoms with E-state index >= 15 is 0 Å². The molecule has 2 aromatic rings. The Labute approximate surface area is 171 Å². The first-order valence-electron chi connectivity index (χ1n) is 10.4. The molecule has 4 rings (SSSR count). The molecule has 5 N–H and O–H groups in total. The summed E-state index contributed by atoms with van der Waals surface area (Å²) in [6.45, 7) is 2.06. The minimum atomic E-state index is -1.38. The molecule has 0 radical (unpaired) electrons. The number of hydrogen-bond donors (Lipinski definition) is 4. The summed E-state index contributed by atoms with van der Waals surface area (Å²) in [6.07, 6.45) is 3.28. The molecule has 1 unspecified atom stereocenters. The highest BCUT2D eigenvalue weighted by Gasteiger charge is 2.29. The molecule has 0 bridgehead atoms. The Bertz CT molecular complexity index is 881. The number of hydrogen-bond acceptors (Lipinski definition) is 5. The Morgan fingerprint density at radius 2 is 1.93 bits per heavy atom. The van der Waals surface area contributed by atoms with E-state index in [9.17, 15) is 14.8 Å². The zero-order valence-electron chi connectivity index (χ0n) is 16.6. The molecule has 1 atom stereocenters. The molecule has 1 amide bonds. The highest BCUT2D eigenvalue weighted by Crippen LogP contribution is 2.30. The van der Waals surface area contributed by atoms with E-state index in [-0.39, 0.29) is 11.8 Å². The molecule has 29 heavy (non-hydrogen) atoms. The van der Waals surface area contributed by atoms with Gasteiger partial charge in [-0.2, -0.15) is 0 Å². The third-order valence-electron chi connectivity index (χ3n) is 6.22. The third kappa shape index (κ3) is 4.32. The van der Waals surface area contributed by atoms with Crippen LogP contribution >= 0.6 is 0 Å². The predicted molar refractivity (Wildman–Crippen MR) is 115 cm³/mol. The van der Waals surface area contributed by atoms with Crippen molar-refractivity contribution >= 4 is 18.7 Å². The highest BCUT2D eigenvalue weighted by molar-refractivity contribution is 6.44. The lowest BCUT2D eigenvalue weighted by molar-refractivity contribution is 0.0713. The summed E-state index contributed by atoms with van der Waals surface area (Å²) < 4.78 is 0. The molecule has 2 aliphatic rings. The van der Waals surface area contributed by atoms with Gasteiger partial charge in [0.05, 0.1) is 5.94 Å². The zero-order valence-corrected chi connectivity index (χ0v) is 16.6. The number of piperidine rings is 1.